The summed E-state index contributed by atoms with van der Waals surface area (Å²) in [6, 6.07) is 2.11. The van der Waals surface area contributed by atoms with Crippen molar-refractivity contribution in [1.29, 1.82) is 5.26 Å². The maximum atomic E-state index is 8.38. The molecule has 0 saturated carbocycles. The van der Waals surface area contributed by atoms with Crippen LogP contribution >= 0.6 is 0 Å². The molecule has 0 radical (unpaired) electrons. The average molecular weight is 177 g/mol. The zero-order valence-corrected chi connectivity index (χ0v) is 8.66. The van der Waals surface area contributed by atoms with Gasteiger partial charge in [0.2, 0.25) is 0 Å². The van der Waals surface area contributed by atoms with E-state index < -0.39 is 0 Å². The van der Waals surface area contributed by atoms with Gasteiger partial charge in [-0.1, -0.05) is 38.5 Å². The molecule has 0 amide bonds. The number of hydrogen-bond donors (Lipinski definition) is 0. The van der Waals surface area contributed by atoms with Crippen LogP contribution in [0.3, 0.4) is 0 Å². The number of hydrogen-bond acceptors (Lipinski definition) is 1. The first kappa shape index (κ1) is 12.0. The monoisotopic (exact) mass is 177 g/mol. The minimum Gasteiger partial charge on any atom is -0.198 e. The third-order valence-corrected chi connectivity index (χ3v) is 2.41. The fraction of sp³-hybridized carbons (Fsp3) is 0.583. The molecule has 0 aliphatic heterocycles. The molecule has 0 saturated heterocycles. The van der Waals surface area contributed by atoms with Crippen LogP contribution < -0.4 is 0 Å². The molecule has 0 rings (SSSR count). The highest BCUT2D eigenvalue weighted by Gasteiger charge is 2.09. The third-order valence-electron chi connectivity index (χ3n) is 2.41. The van der Waals surface area contributed by atoms with Crippen molar-refractivity contribution in [2.24, 2.45) is 11.8 Å². The van der Waals surface area contributed by atoms with Crippen molar-refractivity contribution in [3.63, 3.8) is 0 Å². The van der Waals surface area contributed by atoms with E-state index >= 15 is 0 Å². The predicted molar refractivity (Wildman–Crippen MR) is 57.1 cm³/mol. The molecule has 1 nitrogen and oxygen atoms in total. The molecule has 0 spiro atoms. The molecular weight excluding hydrogens is 158 g/mol. The highest BCUT2D eigenvalue weighted by atomic mass is 14.2. The van der Waals surface area contributed by atoms with Gasteiger partial charge in [0.05, 0.1) is 12.5 Å². The molecule has 0 heterocycles. The van der Waals surface area contributed by atoms with Crippen LogP contribution in [0.5, 0.6) is 0 Å². The standard InChI is InChI=1S/C12H19N/c1-4-8-12(11(3)5-2)9-6-7-10-13/h4,6,9,11-12H,1,5,7-8H2,2-3H3/b9-6-. The van der Waals surface area contributed by atoms with Gasteiger partial charge < -0.3 is 0 Å². The third kappa shape index (κ3) is 5.25. The van der Waals surface area contributed by atoms with E-state index in [2.05, 4.69) is 32.6 Å². The minimum atomic E-state index is 0.518. The maximum absolute atomic E-state index is 8.38. The Kier molecular flexibility index (Phi) is 7.01. The Bertz CT molecular complexity index is 198. The lowest BCUT2D eigenvalue weighted by Crippen LogP contribution is -2.06. The summed E-state index contributed by atoms with van der Waals surface area (Å²) in [5.74, 6) is 1.23. The Labute approximate surface area is 81.8 Å². The van der Waals surface area contributed by atoms with E-state index in [1.807, 2.05) is 12.2 Å². The topological polar surface area (TPSA) is 23.8 Å². The van der Waals surface area contributed by atoms with E-state index in [0.29, 0.717) is 18.3 Å². The van der Waals surface area contributed by atoms with Crippen LogP contribution in [0.2, 0.25) is 0 Å². The molecule has 13 heavy (non-hydrogen) atoms. The van der Waals surface area contributed by atoms with Gasteiger partial charge in [-0.05, 0) is 18.3 Å². The Balaban J connectivity index is 4.09. The van der Waals surface area contributed by atoms with Gasteiger partial charge in [-0.25, -0.2) is 0 Å². The van der Waals surface area contributed by atoms with Gasteiger partial charge in [-0.3, -0.25) is 0 Å². The van der Waals surface area contributed by atoms with Crippen LogP contribution in [-0.4, -0.2) is 0 Å². The van der Waals surface area contributed by atoms with Crippen LogP contribution in [0.1, 0.15) is 33.1 Å². The molecular formula is C12H19N. The predicted octanol–water partition coefficient (Wildman–Crippen LogP) is 3.69. The smallest absolute Gasteiger partial charge is 0.0663 e. The molecule has 0 bridgehead atoms. The largest absolute Gasteiger partial charge is 0.198 e. The summed E-state index contributed by atoms with van der Waals surface area (Å²) in [5.41, 5.74) is 0. The minimum absolute atomic E-state index is 0.518. The van der Waals surface area contributed by atoms with Crippen molar-refractivity contribution < 1.29 is 0 Å². The van der Waals surface area contributed by atoms with Crippen LogP contribution in [0.25, 0.3) is 0 Å². The number of rotatable bonds is 6. The Morgan fingerprint density at radius 1 is 1.54 bits per heavy atom. The summed E-state index contributed by atoms with van der Waals surface area (Å²) >= 11 is 0. The highest BCUT2D eigenvalue weighted by molar-refractivity contribution is 4.97. The van der Waals surface area contributed by atoms with E-state index in [4.69, 9.17) is 5.26 Å². The number of nitriles is 1. The number of allylic oxidation sites excluding steroid dienone is 3. The van der Waals surface area contributed by atoms with Crippen molar-refractivity contribution in [2.45, 2.75) is 33.1 Å². The second kappa shape index (κ2) is 7.61. The molecule has 2 unspecified atom stereocenters. The Morgan fingerprint density at radius 3 is 2.69 bits per heavy atom. The molecule has 2 atom stereocenters. The summed E-state index contributed by atoms with van der Waals surface area (Å²) in [6.07, 6.45) is 8.77. The second-order valence-corrected chi connectivity index (χ2v) is 3.36. The van der Waals surface area contributed by atoms with Crippen molar-refractivity contribution >= 4 is 0 Å². The molecule has 1 heteroatoms. The summed E-state index contributed by atoms with van der Waals surface area (Å²) < 4.78 is 0. The van der Waals surface area contributed by atoms with Crippen molar-refractivity contribution in [2.75, 3.05) is 0 Å². The first-order valence-corrected chi connectivity index (χ1v) is 4.90. The van der Waals surface area contributed by atoms with Gasteiger partial charge in [0.25, 0.3) is 0 Å². The van der Waals surface area contributed by atoms with Gasteiger partial charge in [0.15, 0.2) is 0 Å². The lowest BCUT2D eigenvalue weighted by molar-refractivity contribution is 0.419. The summed E-state index contributed by atoms with van der Waals surface area (Å²) in [7, 11) is 0. The van der Waals surface area contributed by atoms with Gasteiger partial charge >= 0.3 is 0 Å². The number of nitrogens with zero attached hydrogens (tertiary/aromatic N) is 1. The molecule has 72 valence electrons. The summed E-state index contributed by atoms with van der Waals surface area (Å²) in [4.78, 5) is 0. The highest BCUT2D eigenvalue weighted by Crippen LogP contribution is 2.20. The zero-order valence-electron chi connectivity index (χ0n) is 8.66. The zero-order chi connectivity index (χ0) is 10.1. The van der Waals surface area contributed by atoms with E-state index in [0.717, 1.165) is 6.42 Å². The quantitative estimate of drug-likeness (QED) is 0.567. The molecule has 0 aliphatic rings. The van der Waals surface area contributed by atoms with E-state index in [1.165, 1.54) is 6.42 Å². The van der Waals surface area contributed by atoms with Crippen molar-refractivity contribution in [3.05, 3.63) is 24.8 Å². The SMILES string of the molecule is C=CCC(/C=C\CC#N)C(C)CC. The van der Waals surface area contributed by atoms with Crippen LogP contribution in [0.15, 0.2) is 24.8 Å². The fourth-order valence-electron chi connectivity index (χ4n) is 1.29. The Hall–Kier alpha value is -1.03. The van der Waals surface area contributed by atoms with Gasteiger partial charge in [0.1, 0.15) is 0 Å². The van der Waals surface area contributed by atoms with Crippen LogP contribution in [0.4, 0.5) is 0 Å². The second-order valence-electron chi connectivity index (χ2n) is 3.36. The first-order valence-electron chi connectivity index (χ1n) is 4.90. The maximum Gasteiger partial charge on any atom is 0.0663 e. The first-order chi connectivity index (χ1) is 6.26. The Morgan fingerprint density at radius 2 is 2.23 bits per heavy atom. The average Bonchev–Trinajstić information content (AvgIpc) is 2.16. The molecule has 0 aliphatic carbocycles. The summed E-state index contributed by atoms with van der Waals surface area (Å²) in [5, 5.41) is 8.38. The van der Waals surface area contributed by atoms with Crippen molar-refractivity contribution in [3.8, 4) is 6.07 Å². The fourth-order valence-corrected chi connectivity index (χ4v) is 1.29. The summed E-state index contributed by atoms with van der Waals surface area (Å²) in [6.45, 7) is 8.18. The normalized spacial score (nSPS) is 15.2. The lowest BCUT2D eigenvalue weighted by atomic mass is 9.88. The molecule has 0 aromatic rings. The van der Waals surface area contributed by atoms with Gasteiger partial charge in [-0.2, -0.15) is 5.26 Å². The van der Waals surface area contributed by atoms with Gasteiger partial charge in [-0.15, -0.1) is 6.58 Å². The lowest BCUT2D eigenvalue weighted by Gasteiger charge is -2.17. The molecule has 0 N–H and O–H groups in total. The molecule has 0 aromatic heterocycles. The van der Waals surface area contributed by atoms with Gasteiger partial charge in [0, 0.05) is 0 Å². The van der Waals surface area contributed by atoms with Crippen LogP contribution in [-0.2, 0) is 0 Å². The van der Waals surface area contributed by atoms with E-state index in [-0.39, 0.29) is 0 Å². The van der Waals surface area contributed by atoms with Crippen molar-refractivity contribution in [1.82, 2.24) is 0 Å². The van der Waals surface area contributed by atoms with Crippen LogP contribution in [0, 0.1) is 23.2 Å². The molecule has 0 fully saturated rings. The van der Waals surface area contributed by atoms with E-state index in [9.17, 15) is 0 Å². The van der Waals surface area contributed by atoms with E-state index in [1.54, 1.807) is 0 Å². The molecule has 0 aromatic carbocycles.